The minimum absolute atomic E-state index is 0.0774. The van der Waals surface area contributed by atoms with Gasteiger partial charge in [-0.25, -0.2) is 0 Å². The van der Waals surface area contributed by atoms with Crippen molar-refractivity contribution in [3.63, 3.8) is 0 Å². The maximum Gasteiger partial charge on any atom is 0.128 e. The zero-order valence-electron chi connectivity index (χ0n) is 12.4. The summed E-state index contributed by atoms with van der Waals surface area (Å²) < 4.78 is 5.46. The molecule has 2 aromatic rings. The van der Waals surface area contributed by atoms with Crippen LogP contribution in [0.3, 0.4) is 0 Å². The Morgan fingerprint density at radius 1 is 1.35 bits per heavy atom. The van der Waals surface area contributed by atoms with Gasteiger partial charge in [-0.05, 0) is 37.8 Å². The monoisotopic (exact) mass is 291 g/mol. The first-order chi connectivity index (χ1) is 9.58. The molecule has 4 nitrogen and oxygen atoms in total. The van der Waals surface area contributed by atoms with E-state index in [1.807, 2.05) is 20.0 Å². The number of hydrazine groups is 1. The van der Waals surface area contributed by atoms with Crippen LogP contribution in [0, 0.1) is 20.8 Å². The van der Waals surface area contributed by atoms with E-state index < -0.39 is 0 Å². The van der Waals surface area contributed by atoms with Crippen molar-refractivity contribution >= 4 is 11.3 Å². The van der Waals surface area contributed by atoms with Crippen LogP contribution in [-0.2, 0) is 6.42 Å². The molecular formula is C15H21N3OS. The molecule has 0 aromatic carbocycles. The summed E-state index contributed by atoms with van der Waals surface area (Å²) in [7, 11) is 1.70. The molecule has 0 radical (unpaired) electrons. The Labute approximate surface area is 124 Å². The van der Waals surface area contributed by atoms with Crippen molar-refractivity contribution in [2.45, 2.75) is 33.2 Å². The maximum atomic E-state index is 5.73. The van der Waals surface area contributed by atoms with Crippen LogP contribution < -0.4 is 16.0 Å². The molecule has 2 rings (SSSR count). The number of hydrogen-bond acceptors (Lipinski definition) is 5. The number of rotatable bonds is 5. The summed E-state index contributed by atoms with van der Waals surface area (Å²) in [5.41, 5.74) is 7.32. The second-order valence-electron chi connectivity index (χ2n) is 4.94. The molecule has 0 aliphatic rings. The molecule has 20 heavy (non-hydrogen) atoms. The molecular weight excluding hydrogens is 270 g/mol. The number of nitrogens with one attached hydrogen (secondary N) is 1. The van der Waals surface area contributed by atoms with E-state index in [1.165, 1.54) is 10.4 Å². The van der Waals surface area contributed by atoms with Gasteiger partial charge in [-0.15, -0.1) is 11.3 Å². The van der Waals surface area contributed by atoms with E-state index in [4.69, 9.17) is 10.6 Å². The van der Waals surface area contributed by atoms with E-state index in [2.05, 4.69) is 28.8 Å². The van der Waals surface area contributed by atoms with Crippen LogP contribution >= 0.6 is 11.3 Å². The molecule has 0 aliphatic heterocycles. The van der Waals surface area contributed by atoms with Gasteiger partial charge >= 0.3 is 0 Å². The molecule has 0 aliphatic carbocycles. The van der Waals surface area contributed by atoms with Gasteiger partial charge in [0.05, 0.1) is 13.2 Å². The lowest BCUT2D eigenvalue weighted by molar-refractivity contribution is 0.406. The van der Waals surface area contributed by atoms with E-state index >= 15 is 0 Å². The van der Waals surface area contributed by atoms with Crippen molar-refractivity contribution in [1.82, 2.24) is 10.4 Å². The molecule has 0 saturated carbocycles. The average Bonchev–Trinajstić information content (AvgIpc) is 2.85. The molecule has 1 unspecified atom stereocenters. The van der Waals surface area contributed by atoms with Crippen molar-refractivity contribution in [2.24, 2.45) is 5.84 Å². The van der Waals surface area contributed by atoms with Gasteiger partial charge in [0.25, 0.3) is 0 Å². The smallest absolute Gasteiger partial charge is 0.128 e. The molecule has 0 spiro atoms. The summed E-state index contributed by atoms with van der Waals surface area (Å²) in [4.78, 5) is 5.80. The third-order valence-electron chi connectivity index (χ3n) is 3.57. The van der Waals surface area contributed by atoms with E-state index in [-0.39, 0.29) is 6.04 Å². The average molecular weight is 291 g/mol. The van der Waals surface area contributed by atoms with E-state index in [9.17, 15) is 0 Å². The third kappa shape index (κ3) is 2.85. The molecule has 0 saturated heterocycles. The molecule has 2 aromatic heterocycles. The fourth-order valence-electron chi connectivity index (χ4n) is 2.44. The molecule has 3 N–H and O–H groups in total. The fourth-order valence-corrected chi connectivity index (χ4v) is 3.43. The van der Waals surface area contributed by atoms with Crippen molar-refractivity contribution < 1.29 is 4.74 Å². The maximum absolute atomic E-state index is 5.73. The van der Waals surface area contributed by atoms with Crippen molar-refractivity contribution in [2.75, 3.05) is 7.11 Å². The minimum Gasteiger partial charge on any atom is -0.496 e. The number of aromatic nitrogens is 1. The fraction of sp³-hybridized carbons (Fsp3) is 0.400. The second kappa shape index (κ2) is 6.35. The Bertz CT molecular complexity index is 595. The van der Waals surface area contributed by atoms with Crippen LogP contribution in [0.4, 0.5) is 0 Å². The minimum atomic E-state index is 0.0774. The van der Waals surface area contributed by atoms with Gasteiger partial charge in [0.15, 0.2) is 0 Å². The number of ether oxygens (including phenoxy) is 1. The largest absolute Gasteiger partial charge is 0.496 e. The second-order valence-corrected chi connectivity index (χ2v) is 5.89. The number of nitrogens with two attached hydrogens (primary N) is 1. The highest BCUT2D eigenvalue weighted by Crippen LogP contribution is 2.30. The number of pyridine rings is 1. The lowest BCUT2D eigenvalue weighted by Crippen LogP contribution is -2.30. The van der Waals surface area contributed by atoms with Crippen molar-refractivity contribution in [3.8, 4) is 5.75 Å². The summed E-state index contributed by atoms with van der Waals surface area (Å²) >= 11 is 1.72. The predicted octanol–water partition coefficient (Wildman–Crippen LogP) is 2.82. The highest BCUT2D eigenvalue weighted by Gasteiger charge is 2.18. The number of aryl methyl sites for hydroxylation is 2. The predicted molar refractivity (Wildman–Crippen MR) is 83.1 cm³/mol. The molecule has 0 bridgehead atoms. The number of nitrogens with zero attached hydrogens (tertiary/aromatic N) is 1. The lowest BCUT2D eigenvalue weighted by atomic mass is 10.0. The third-order valence-corrected chi connectivity index (χ3v) is 4.70. The summed E-state index contributed by atoms with van der Waals surface area (Å²) in [6, 6.07) is 2.19. The highest BCUT2D eigenvalue weighted by atomic mass is 32.1. The van der Waals surface area contributed by atoms with Crippen LogP contribution in [-0.4, -0.2) is 12.1 Å². The molecule has 0 amide bonds. The van der Waals surface area contributed by atoms with Crippen LogP contribution in [0.2, 0.25) is 0 Å². The topological polar surface area (TPSA) is 60.2 Å². The number of thiophene rings is 1. The summed E-state index contributed by atoms with van der Waals surface area (Å²) in [5.74, 6) is 6.64. The normalized spacial score (nSPS) is 12.4. The first kappa shape index (κ1) is 15.0. The quantitative estimate of drug-likeness (QED) is 0.657. The Hall–Kier alpha value is -1.43. The Balaban J connectivity index is 2.31. The molecule has 0 fully saturated rings. The van der Waals surface area contributed by atoms with Crippen LogP contribution in [0.1, 0.15) is 33.3 Å². The summed E-state index contributed by atoms with van der Waals surface area (Å²) in [6.07, 6.45) is 2.61. The van der Waals surface area contributed by atoms with Crippen molar-refractivity contribution in [1.29, 1.82) is 0 Å². The van der Waals surface area contributed by atoms with E-state index in [1.54, 1.807) is 18.4 Å². The summed E-state index contributed by atoms with van der Waals surface area (Å²) in [5, 5.41) is 2.09. The van der Waals surface area contributed by atoms with Gasteiger partial charge in [0.1, 0.15) is 5.75 Å². The van der Waals surface area contributed by atoms with E-state index in [0.717, 1.165) is 29.0 Å². The van der Waals surface area contributed by atoms with E-state index in [0.29, 0.717) is 0 Å². The molecule has 108 valence electrons. The first-order valence-corrected chi connectivity index (χ1v) is 7.45. The lowest BCUT2D eigenvalue weighted by Gasteiger charge is -2.18. The zero-order chi connectivity index (χ0) is 14.7. The van der Waals surface area contributed by atoms with Gasteiger partial charge in [0, 0.05) is 34.3 Å². The summed E-state index contributed by atoms with van der Waals surface area (Å²) in [6.45, 7) is 6.15. The highest BCUT2D eigenvalue weighted by molar-refractivity contribution is 7.10. The molecule has 5 heteroatoms. The Kier molecular flexibility index (Phi) is 4.75. The van der Waals surface area contributed by atoms with Gasteiger partial charge in [0.2, 0.25) is 0 Å². The van der Waals surface area contributed by atoms with Gasteiger partial charge < -0.3 is 4.74 Å². The van der Waals surface area contributed by atoms with Crippen molar-refractivity contribution in [3.05, 3.63) is 44.9 Å². The first-order valence-electron chi connectivity index (χ1n) is 6.57. The Morgan fingerprint density at radius 3 is 2.65 bits per heavy atom. The standard InChI is InChI=1S/C15H21N3OS/c1-9-5-6-20-15(9)13(18-16)7-12-11(3)14(19-4)10(2)8-17-12/h5-6,8,13,18H,7,16H2,1-4H3. The molecule has 1 atom stereocenters. The Morgan fingerprint density at radius 2 is 2.10 bits per heavy atom. The number of hydrogen-bond donors (Lipinski definition) is 2. The van der Waals surface area contributed by atoms with Gasteiger partial charge in [-0.3, -0.25) is 16.3 Å². The zero-order valence-corrected chi connectivity index (χ0v) is 13.2. The van der Waals surface area contributed by atoms with Crippen LogP contribution in [0.15, 0.2) is 17.6 Å². The number of methoxy groups -OCH3 is 1. The molecule has 2 heterocycles. The van der Waals surface area contributed by atoms with Gasteiger partial charge in [-0.2, -0.15) is 0 Å². The SMILES string of the molecule is COc1c(C)cnc(CC(NN)c2sccc2C)c1C. The van der Waals surface area contributed by atoms with Crippen LogP contribution in [0.25, 0.3) is 0 Å². The van der Waals surface area contributed by atoms with Crippen LogP contribution in [0.5, 0.6) is 5.75 Å². The van der Waals surface area contributed by atoms with Gasteiger partial charge in [-0.1, -0.05) is 0 Å².